The molecule has 4 aromatic carbocycles. The molecule has 0 aliphatic heterocycles. The molecule has 31 heavy (non-hydrogen) atoms. The number of hydrogen-bond acceptors (Lipinski definition) is 1. The third-order valence-corrected chi connectivity index (χ3v) is 4.82. The normalized spacial score (nSPS) is 10.7. The Morgan fingerprint density at radius 3 is 1.87 bits per heavy atom. The summed E-state index contributed by atoms with van der Waals surface area (Å²) in [4.78, 5) is 0. The van der Waals surface area contributed by atoms with Crippen molar-refractivity contribution in [2.45, 2.75) is 6.61 Å². The van der Waals surface area contributed by atoms with E-state index in [0.717, 1.165) is 12.1 Å². The molecule has 0 radical (unpaired) electrons. The molecule has 0 fully saturated rings. The van der Waals surface area contributed by atoms with E-state index in [0.29, 0.717) is 33.0 Å². The fourth-order valence-electron chi connectivity index (χ4n) is 3.34. The van der Waals surface area contributed by atoms with E-state index in [4.69, 9.17) is 4.74 Å². The monoisotopic (exact) mass is 420 g/mol. The van der Waals surface area contributed by atoms with E-state index in [2.05, 4.69) is 11.8 Å². The Hall–Kier alpha value is -3.62. The molecule has 0 saturated carbocycles. The molecule has 0 aliphatic carbocycles. The van der Waals surface area contributed by atoms with Crippen molar-refractivity contribution >= 4 is 10.8 Å². The predicted molar refractivity (Wildman–Crippen MR) is 112 cm³/mol. The summed E-state index contributed by atoms with van der Waals surface area (Å²) in [6.45, 7) is 0.124. The molecule has 0 aliphatic rings. The number of benzene rings is 4. The first-order chi connectivity index (χ1) is 14.9. The van der Waals surface area contributed by atoms with Crippen molar-refractivity contribution < 1.29 is 22.3 Å². The van der Waals surface area contributed by atoms with Gasteiger partial charge in [0, 0.05) is 18.2 Å². The highest BCUT2D eigenvalue weighted by Gasteiger charge is 2.13. The van der Waals surface area contributed by atoms with E-state index in [1.165, 1.54) is 19.2 Å². The first-order valence-corrected chi connectivity index (χ1v) is 9.43. The Bertz CT molecular complexity index is 1310. The van der Waals surface area contributed by atoms with Gasteiger partial charge < -0.3 is 4.74 Å². The second kappa shape index (κ2) is 8.63. The van der Waals surface area contributed by atoms with Gasteiger partial charge in [0.2, 0.25) is 0 Å². The third kappa shape index (κ3) is 4.45. The zero-order valence-corrected chi connectivity index (χ0v) is 16.5. The molecule has 0 heterocycles. The van der Waals surface area contributed by atoms with E-state index in [1.807, 2.05) is 0 Å². The Labute approximate surface area is 176 Å². The highest BCUT2D eigenvalue weighted by Crippen LogP contribution is 2.28. The summed E-state index contributed by atoms with van der Waals surface area (Å²) >= 11 is 0. The van der Waals surface area contributed by atoms with Crippen LogP contribution in [0.15, 0.2) is 66.7 Å². The quantitative estimate of drug-likeness (QED) is 0.268. The number of ether oxygens (including phenoxy) is 1. The van der Waals surface area contributed by atoms with E-state index in [1.54, 1.807) is 42.5 Å². The summed E-state index contributed by atoms with van der Waals surface area (Å²) in [5, 5.41) is 1.12. The first kappa shape index (κ1) is 20.6. The summed E-state index contributed by atoms with van der Waals surface area (Å²) < 4.78 is 60.5. The molecule has 0 bridgehead atoms. The maximum absolute atomic E-state index is 14.4. The number of methoxy groups -OCH3 is 1. The van der Waals surface area contributed by atoms with Crippen molar-refractivity contribution in [2.75, 3.05) is 7.11 Å². The van der Waals surface area contributed by atoms with Crippen LogP contribution in [0, 0.1) is 35.1 Å². The van der Waals surface area contributed by atoms with Crippen LogP contribution >= 0.6 is 0 Å². The Balaban J connectivity index is 1.60. The highest BCUT2D eigenvalue weighted by atomic mass is 19.2. The van der Waals surface area contributed by atoms with Crippen LogP contribution in [0.25, 0.3) is 21.9 Å². The Kier molecular flexibility index (Phi) is 5.75. The molecule has 0 spiro atoms. The van der Waals surface area contributed by atoms with E-state index >= 15 is 0 Å². The average molecular weight is 420 g/mol. The van der Waals surface area contributed by atoms with Crippen molar-refractivity contribution in [2.24, 2.45) is 0 Å². The summed E-state index contributed by atoms with van der Waals surface area (Å²) in [5.41, 5.74) is 1.98. The van der Waals surface area contributed by atoms with Crippen LogP contribution < -0.4 is 0 Å². The van der Waals surface area contributed by atoms with Crippen molar-refractivity contribution in [1.82, 2.24) is 0 Å². The third-order valence-electron chi connectivity index (χ3n) is 4.82. The molecule has 0 aromatic heterocycles. The van der Waals surface area contributed by atoms with Crippen molar-refractivity contribution in [1.29, 1.82) is 0 Å². The Morgan fingerprint density at radius 1 is 0.645 bits per heavy atom. The molecule has 0 atom stereocenters. The second-order valence-corrected chi connectivity index (χ2v) is 7.02. The molecule has 154 valence electrons. The van der Waals surface area contributed by atoms with Crippen molar-refractivity contribution in [3.63, 3.8) is 0 Å². The summed E-state index contributed by atoms with van der Waals surface area (Å²) in [5.74, 6) is 2.79. The zero-order valence-electron chi connectivity index (χ0n) is 16.5. The second-order valence-electron chi connectivity index (χ2n) is 7.02. The van der Waals surface area contributed by atoms with Crippen LogP contribution in [0.1, 0.15) is 16.7 Å². The summed E-state index contributed by atoms with van der Waals surface area (Å²) in [7, 11) is 1.46. The largest absolute Gasteiger partial charge is 0.380 e. The number of hydrogen-bond donors (Lipinski definition) is 0. The lowest BCUT2D eigenvalue weighted by Gasteiger charge is -2.08. The minimum absolute atomic E-state index is 0.108. The number of rotatable bonds is 3. The highest BCUT2D eigenvalue weighted by molar-refractivity contribution is 5.84. The zero-order chi connectivity index (χ0) is 22.0. The molecule has 4 rings (SSSR count). The molecule has 0 unspecified atom stereocenters. The van der Waals surface area contributed by atoms with E-state index < -0.39 is 23.3 Å². The molecule has 0 amide bonds. The van der Waals surface area contributed by atoms with Gasteiger partial charge in [-0.2, -0.15) is 0 Å². The first-order valence-electron chi connectivity index (χ1n) is 9.43. The standard InChI is InChI=1S/C26H16F4O/c1-31-15-18-11-24(29)26(25(30)12-18)19-7-4-16(5-8-19)2-3-17-6-9-20-13-22(27)23(28)14-21(20)10-17/h4-14H,15H2,1H3. The number of fused-ring (bicyclic) bond motifs is 1. The van der Waals surface area contributed by atoms with Crippen molar-refractivity contribution in [3.05, 3.63) is 107 Å². The average Bonchev–Trinajstić information content (AvgIpc) is 2.74. The predicted octanol–water partition coefficient (Wildman–Crippen LogP) is 6.61. The molecule has 5 heteroatoms. The minimum Gasteiger partial charge on any atom is -0.380 e. The fraction of sp³-hybridized carbons (Fsp3) is 0.0769. The lowest BCUT2D eigenvalue weighted by molar-refractivity contribution is 0.184. The van der Waals surface area contributed by atoms with Crippen LogP contribution in [0.3, 0.4) is 0 Å². The van der Waals surface area contributed by atoms with Gasteiger partial charge in [0.05, 0.1) is 12.2 Å². The van der Waals surface area contributed by atoms with Gasteiger partial charge in [0.25, 0.3) is 0 Å². The maximum Gasteiger partial charge on any atom is 0.159 e. The topological polar surface area (TPSA) is 9.23 Å². The van der Waals surface area contributed by atoms with Gasteiger partial charge in [-0.25, -0.2) is 17.6 Å². The van der Waals surface area contributed by atoms with Crippen molar-refractivity contribution in [3.8, 4) is 23.0 Å². The van der Waals surface area contributed by atoms with Gasteiger partial charge in [-0.1, -0.05) is 30.0 Å². The van der Waals surface area contributed by atoms with Crippen LogP contribution in [0.5, 0.6) is 0 Å². The van der Waals surface area contributed by atoms with E-state index in [9.17, 15) is 17.6 Å². The van der Waals surface area contributed by atoms with Gasteiger partial charge in [-0.15, -0.1) is 0 Å². The Morgan fingerprint density at radius 2 is 1.23 bits per heavy atom. The molecule has 0 N–H and O–H groups in total. The molecular formula is C26H16F4O. The van der Waals surface area contributed by atoms with Gasteiger partial charge in [-0.3, -0.25) is 0 Å². The van der Waals surface area contributed by atoms with E-state index in [-0.39, 0.29) is 12.2 Å². The van der Waals surface area contributed by atoms with Crippen LogP contribution in [-0.4, -0.2) is 7.11 Å². The summed E-state index contributed by atoms with van der Waals surface area (Å²) in [6.07, 6.45) is 0. The SMILES string of the molecule is COCc1cc(F)c(-c2ccc(C#Cc3ccc4cc(F)c(F)cc4c3)cc2)c(F)c1. The fourth-order valence-corrected chi connectivity index (χ4v) is 3.34. The molecule has 4 aromatic rings. The van der Waals surface area contributed by atoms with Crippen LogP contribution in [-0.2, 0) is 11.3 Å². The van der Waals surface area contributed by atoms with Crippen LogP contribution in [0.4, 0.5) is 17.6 Å². The summed E-state index contributed by atoms with van der Waals surface area (Å²) in [6, 6.07) is 16.4. The molecule has 1 nitrogen and oxygen atoms in total. The van der Waals surface area contributed by atoms with Crippen LogP contribution in [0.2, 0.25) is 0 Å². The number of halogens is 4. The smallest absolute Gasteiger partial charge is 0.159 e. The van der Waals surface area contributed by atoms with Gasteiger partial charge in [-0.05, 0) is 70.4 Å². The van der Waals surface area contributed by atoms with Gasteiger partial charge in [0.15, 0.2) is 11.6 Å². The molecular weight excluding hydrogens is 404 g/mol. The maximum atomic E-state index is 14.4. The van der Waals surface area contributed by atoms with Gasteiger partial charge >= 0.3 is 0 Å². The molecule has 0 saturated heterocycles. The van der Waals surface area contributed by atoms with Gasteiger partial charge in [0.1, 0.15) is 11.6 Å². The lowest BCUT2D eigenvalue weighted by atomic mass is 10.0. The lowest BCUT2D eigenvalue weighted by Crippen LogP contribution is -1.96. The minimum atomic E-state index is -0.914.